The molecular formula is C15H10BrF3. The Labute approximate surface area is 118 Å². The highest BCUT2D eigenvalue weighted by atomic mass is 79.9. The summed E-state index contributed by atoms with van der Waals surface area (Å²) < 4.78 is 36.1. The van der Waals surface area contributed by atoms with E-state index in [1.807, 2.05) is 30.3 Å². The van der Waals surface area contributed by atoms with Gasteiger partial charge in [0.15, 0.2) is 0 Å². The fraction of sp³-hybridized carbons (Fsp3) is 0.0667. The number of rotatable bonds is 0. The van der Waals surface area contributed by atoms with Gasteiger partial charge in [-0.3, -0.25) is 0 Å². The van der Waals surface area contributed by atoms with Crippen molar-refractivity contribution in [3.8, 4) is 12.3 Å². The van der Waals surface area contributed by atoms with Gasteiger partial charge in [-0.1, -0.05) is 52.2 Å². The predicted molar refractivity (Wildman–Crippen MR) is 73.5 cm³/mol. The minimum absolute atomic E-state index is 0.0764. The number of benzene rings is 2. The van der Waals surface area contributed by atoms with Crippen molar-refractivity contribution in [2.75, 3.05) is 0 Å². The van der Waals surface area contributed by atoms with E-state index in [1.54, 1.807) is 6.07 Å². The predicted octanol–water partition coefficient (Wildman–Crippen LogP) is 5.14. The average molecular weight is 327 g/mol. The van der Waals surface area contributed by atoms with Gasteiger partial charge in [0, 0.05) is 10.0 Å². The minimum Gasteiger partial charge on any atom is -0.166 e. The van der Waals surface area contributed by atoms with Crippen LogP contribution >= 0.6 is 15.9 Å². The second-order valence-electron chi connectivity index (χ2n) is 3.49. The van der Waals surface area contributed by atoms with E-state index in [2.05, 4.69) is 21.9 Å². The highest BCUT2D eigenvalue weighted by Gasteiger charge is 2.32. The van der Waals surface area contributed by atoms with E-state index in [-0.39, 0.29) is 4.47 Å². The molecule has 0 radical (unpaired) electrons. The molecule has 0 saturated carbocycles. The number of hydrogen-bond acceptors (Lipinski definition) is 0. The number of halogens is 4. The maximum Gasteiger partial charge on any atom is 0.417 e. The molecular weight excluding hydrogens is 317 g/mol. The zero-order valence-electron chi connectivity index (χ0n) is 9.79. The summed E-state index contributed by atoms with van der Waals surface area (Å²) in [6.45, 7) is 0. The van der Waals surface area contributed by atoms with Crippen LogP contribution in [0.25, 0.3) is 0 Å². The molecule has 0 bridgehead atoms. The zero-order valence-corrected chi connectivity index (χ0v) is 11.4. The summed E-state index contributed by atoms with van der Waals surface area (Å²) in [6.07, 6.45) is 0.836. The molecule has 0 heterocycles. The molecule has 0 nitrogen and oxygen atoms in total. The van der Waals surface area contributed by atoms with E-state index in [9.17, 15) is 13.2 Å². The molecule has 0 amide bonds. The Morgan fingerprint density at radius 3 is 1.79 bits per heavy atom. The molecule has 19 heavy (non-hydrogen) atoms. The highest BCUT2D eigenvalue weighted by Crippen LogP contribution is 2.34. The van der Waals surface area contributed by atoms with Gasteiger partial charge >= 0.3 is 6.18 Å². The first kappa shape index (κ1) is 15.3. The fourth-order valence-electron chi connectivity index (χ4n) is 1.23. The average Bonchev–Trinajstić information content (AvgIpc) is 2.39. The summed E-state index contributed by atoms with van der Waals surface area (Å²) in [5.74, 6) is 2.53. The van der Waals surface area contributed by atoms with Gasteiger partial charge in [0.2, 0.25) is 0 Å². The van der Waals surface area contributed by atoms with E-state index >= 15 is 0 Å². The van der Waals surface area contributed by atoms with Gasteiger partial charge in [-0.2, -0.15) is 13.2 Å². The van der Waals surface area contributed by atoms with Gasteiger partial charge in [-0.25, -0.2) is 0 Å². The van der Waals surface area contributed by atoms with E-state index in [0.29, 0.717) is 0 Å². The zero-order chi connectivity index (χ0) is 14.3. The molecule has 0 aromatic heterocycles. The first-order valence-electron chi connectivity index (χ1n) is 5.28. The molecule has 0 spiro atoms. The van der Waals surface area contributed by atoms with Gasteiger partial charge in [0.1, 0.15) is 0 Å². The lowest BCUT2D eigenvalue weighted by molar-refractivity contribution is -0.138. The lowest BCUT2D eigenvalue weighted by Crippen LogP contribution is -2.05. The van der Waals surface area contributed by atoms with Crippen LogP contribution in [0.4, 0.5) is 13.2 Å². The van der Waals surface area contributed by atoms with Crippen LogP contribution in [0.15, 0.2) is 59.1 Å². The Bertz CT molecular complexity index is 554. The second kappa shape index (κ2) is 7.01. The van der Waals surface area contributed by atoms with Crippen molar-refractivity contribution < 1.29 is 13.2 Å². The molecule has 0 atom stereocenters. The topological polar surface area (TPSA) is 0 Å². The SMILES string of the molecule is C#Cc1ccccc1.FC(F)(F)c1ccccc1Br. The first-order chi connectivity index (χ1) is 8.95. The number of alkyl halides is 3. The monoisotopic (exact) mass is 326 g/mol. The van der Waals surface area contributed by atoms with Crippen LogP contribution in [0, 0.1) is 12.3 Å². The van der Waals surface area contributed by atoms with Crippen molar-refractivity contribution in [3.63, 3.8) is 0 Å². The fourth-order valence-corrected chi connectivity index (χ4v) is 1.74. The van der Waals surface area contributed by atoms with Crippen molar-refractivity contribution in [2.45, 2.75) is 6.18 Å². The molecule has 0 saturated heterocycles. The molecule has 0 aliphatic carbocycles. The molecule has 4 heteroatoms. The summed E-state index contributed by atoms with van der Waals surface area (Å²) >= 11 is 2.81. The largest absolute Gasteiger partial charge is 0.417 e. The van der Waals surface area contributed by atoms with Crippen molar-refractivity contribution in [2.24, 2.45) is 0 Å². The summed E-state index contributed by atoms with van der Waals surface area (Å²) in [4.78, 5) is 0. The van der Waals surface area contributed by atoms with Crippen LogP contribution in [0.3, 0.4) is 0 Å². The Morgan fingerprint density at radius 2 is 1.42 bits per heavy atom. The van der Waals surface area contributed by atoms with Crippen LogP contribution in [0.2, 0.25) is 0 Å². The van der Waals surface area contributed by atoms with Gasteiger partial charge in [-0.05, 0) is 24.3 Å². The van der Waals surface area contributed by atoms with Crippen LogP contribution in [0.1, 0.15) is 11.1 Å². The van der Waals surface area contributed by atoms with Crippen molar-refractivity contribution >= 4 is 15.9 Å². The van der Waals surface area contributed by atoms with Gasteiger partial charge < -0.3 is 0 Å². The first-order valence-corrected chi connectivity index (χ1v) is 6.08. The second-order valence-corrected chi connectivity index (χ2v) is 4.34. The van der Waals surface area contributed by atoms with E-state index in [0.717, 1.165) is 11.6 Å². The number of terminal acetylenes is 1. The lowest BCUT2D eigenvalue weighted by Gasteiger charge is -2.07. The van der Waals surface area contributed by atoms with Crippen LogP contribution in [-0.2, 0) is 6.18 Å². The molecule has 0 aliphatic heterocycles. The van der Waals surface area contributed by atoms with Crippen molar-refractivity contribution in [3.05, 3.63) is 70.2 Å². The molecule has 0 fully saturated rings. The Hall–Kier alpha value is -1.73. The normalized spacial score (nSPS) is 10.1. The highest BCUT2D eigenvalue weighted by molar-refractivity contribution is 9.10. The Balaban J connectivity index is 0.000000200. The molecule has 0 unspecified atom stereocenters. The van der Waals surface area contributed by atoms with Gasteiger partial charge in [-0.15, -0.1) is 6.42 Å². The maximum atomic E-state index is 12.0. The minimum atomic E-state index is -4.26. The van der Waals surface area contributed by atoms with Crippen molar-refractivity contribution in [1.29, 1.82) is 0 Å². The Kier molecular flexibility index (Phi) is 5.65. The van der Waals surface area contributed by atoms with Crippen molar-refractivity contribution in [1.82, 2.24) is 0 Å². The standard InChI is InChI=1S/C8H6.C7H4BrF3/c1-2-8-6-4-3-5-7-8;8-6-4-2-1-3-5(6)7(9,10)11/h1,3-7H;1-4H. The summed E-state index contributed by atoms with van der Waals surface area (Å²) in [6, 6.07) is 14.9. The molecule has 98 valence electrons. The summed E-state index contributed by atoms with van der Waals surface area (Å²) in [5, 5.41) is 0. The summed E-state index contributed by atoms with van der Waals surface area (Å²) in [5.41, 5.74) is 0.299. The van der Waals surface area contributed by atoms with Crippen LogP contribution in [0.5, 0.6) is 0 Å². The molecule has 2 aromatic carbocycles. The lowest BCUT2D eigenvalue weighted by atomic mass is 10.2. The van der Waals surface area contributed by atoms with Crippen LogP contribution < -0.4 is 0 Å². The molecule has 2 aromatic rings. The molecule has 0 N–H and O–H groups in total. The van der Waals surface area contributed by atoms with Crippen LogP contribution in [-0.4, -0.2) is 0 Å². The van der Waals surface area contributed by atoms with Gasteiger partial charge in [0.25, 0.3) is 0 Å². The number of hydrogen-bond donors (Lipinski definition) is 0. The molecule has 2 rings (SSSR count). The van der Waals surface area contributed by atoms with E-state index in [1.165, 1.54) is 12.1 Å². The third-order valence-electron chi connectivity index (χ3n) is 2.12. The maximum absolute atomic E-state index is 12.0. The molecule has 0 aliphatic rings. The smallest absolute Gasteiger partial charge is 0.166 e. The van der Waals surface area contributed by atoms with E-state index < -0.39 is 11.7 Å². The van der Waals surface area contributed by atoms with Gasteiger partial charge in [0.05, 0.1) is 5.56 Å². The third kappa shape index (κ3) is 5.19. The quantitative estimate of drug-likeness (QED) is 0.588. The summed E-state index contributed by atoms with van der Waals surface area (Å²) in [7, 11) is 0. The Morgan fingerprint density at radius 1 is 0.895 bits per heavy atom. The van der Waals surface area contributed by atoms with E-state index in [4.69, 9.17) is 6.42 Å². The third-order valence-corrected chi connectivity index (χ3v) is 2.81.